The molecule has 0 radical (unpaired) electrons. The van der Waals surface area contributed by atoms with E-state index in [-0.39, 0.29) is 18.8 Å². The predicted octanol–water partition coefficient (Wildman–Crippen LogP) is 1.60. The van der Waals surface area contributed by atoms with Gasteiger partial charge >= 0.3 is 6.18 Å². The molecule has 8 nitrogen and oxygen atoms in total. The van der Waals surface area contributed by atoms with Crippen LogP contribution in [-0.4, -0.2) is 52.7 Å². The number of alkyl halides is 3. The van der Waals surface area contributed by atoms with Crippen LogP contribution in [0.5, 0.6) is 0 Å². The Labute approximate surface area is 143 Å². The highest BCUT2D eigenvalue weighted by atomic mass is 32.2. The predicted molar refractivity (Wildman–Crippen MR) is 83.0 cm³/mol. The Hall–Kier alpha value is -1.69. The largest absolute Gasteiger partial charge is 0.451 e. The van der Waals surface area contributed by atoms with Gasteiger partial charge in [0.1, 0.15) is 0 Å². The molecule has 1 fully saturated rings. The van der Waals surface area contributed by atoms with E-state index in [1.54, 1.807) is 5.10 Å². The summed E-state index contributed by atoms with van der Waals surface area (Å²) in [5.41, 5.74) is 0. The molecule has 0 spiro atoms. The second-order valence-corrected chi connectivity index (χ2v) is 7.93. The van der Waals surface area contributed by atoms with E-state index in [2.05, 4.69) is 15.4 Å². The summed E-state index contributed by atoms with van der Waals surface area (Å²) < 4.78 is 62.9. The van der Waals surface area contributed by atoms with Crippen molar-refractivity contribution in [2.24, 2.45) is 5.92 Å². The lowest BCUT2D eigenvalue weighted by molar-refractivity contribution is -0.144. The Morgan fingerprint density at radius 2 is 2.00 bits per heavy atom. The van der Waals surface area contributed by atoms with Crippen LogP contribution in [0, 0.1) is 5.92 Å². The summed E-state index contributed by atoms with van der Waals surface area (Å²) in [7, 11) is -3.32. The highest BCUT2D eigenvalue weighted by Gasteiger charge is 2.36. The first-order chi connectivity index (χ1) is 11.6. The van der Waals surface area contributed by atoms with E-state index < -0.39 is 39.8 Å². The highest BCUT2D eigenvalue weighted by molar-refractivity contribution is 7.89. The number of carbonyl (C=O) groups is 1. The van der Waals surface area contributed by atoms with Crippen LogP contribution in [0.15, 0.2) is 0 Å². The second kappa shape index (κ2) is 7.68. The monoisotopic (exact) mass is 383 g/mol. The van der Waals surface area contributed by atoms with Crippen LogP contribution in [0.4, 0.5) is 19.1 Å². The Kier molecular flexibility index (Phi) is 6.03. The Morgan fingerprint density at radius 1 is 1.36 bits per heavy atom. The molecule has 1 aromatic rings. The first-order valence-electron chi connectivity index (χ1n) is 7.91. The lowest BCUT2D eigenvalue weighted by Crippen LogP contribution is -2.42. The molecule has 1 saturated heterocycles. The van der Waals surface area contributed by atoms with Gasteiger partial charge in [-0.15, -0.1) is 5.10 Å². The number of carbonyl (C=O) groups excluding carboxylic acids is 1. The van der Waals surface area contributed by atoms with Crippen molar-refractivity contribution in [1.82, 2.24) is 19.5 Å². The number of aromatic nitrogens is 3. The van der Waals surface area contributed by atoms with Crippen molar-refractivity contribution >= 4 is 21.9 Å². The average Bonchev–Trinajstić information content (AvgIpc) is 3.02. The maximum Gasteiger partial charge on any atom is 0.451 e. The second-order valence-electron chi connectivity index (χ2n) is 5.84. The minimum Gasteiger partial charge on any atom is -0.293 e. The lowest BCUT2D eigenvalue weighted by atomic mass is 9.97. The number of halogens is 3. The molecule has 0 bridgehead atoms. The molecule has 1 aliphatic rings. The molecule has 12 heteroatoms. The third-order valence-electron chi connectivity index (χ3n) is 3.96. The smallest absolute Gasteiger partial charge is 0.293 e. The van der Waals surface area contributed by atoms with Crippen molar-refractivity contribution in [3.8, 4) is 0 Å². The number of amides is 1. The van der Waals surface area contributed by atoms with Gasteiger partial charge in [0, 0.05) is 19.0 Å². The molecule has 0 atom stereocenters. The van der Waals surface area contributed by atoms with Gasteiger partial charge in [-0.1, -0.05) is 13.3 Å². The molecule has 1 aromatic heterocycles. The van der Waals surface area contributed by atoms with Gasteiger partial charge in [-0.25, -0.2) is 12.7 Å². The molecule has 0 unspecified atom stereocenters. The van der Waals surface area contributed by atoms with E-state index in [1.807, 2.05) is 6.92 Å². The van der Waals surface area contributed by atoms with Gasteiger partial charge < -0.3 is 0 Å². The number of aromatic amines is 1. The van der Waals surface area contributed by atoms with E-state index in [0.717, 1.165) is 6.42 Å². The molecule has 2 rings (SSSR count). The van der Waals surface area contributed by atoms with E-state index in [9.17, 15) is 26.4 Å². The van der Waals surface area contributed by atoms with Crippen molar-refractivity contribution in [3.63, 3.8) is 0 Å². The highest BCUT2D eigenvalue weighted by Crippen LogP contribution is 2.27. The number of piperidine rings is 1. The molecule has 2 heterocycles. The van der Waals surface area contributed by atoms with E-state index in [1.165, 1.54) is 4.31 Å². The number of rotatable bonds is 6. The van der Waals surface area contributed by atoms with Crippen LogP contribution >= 0.6 is 0 Å². The standard InChI is InChI=1S/C13H20F3N5O3S/c1-2-3-8-25(23,24)21-6-4-9(5-7-21)10(22)17-12-18-11(19-20-12)13(14,15)16/h9H,2-8H2,1H3,(H2,17,18,19,20,22). The Bertz CT molecular complexity index is 696. The Morgan fingerprint density at radius 3 is 2.52 bits per heavy atom. The number of sulfonamides is 1. The molecule has 0 aliphatic carbocycles. The van der Waals surface area contributed by atoms with E-state index in [4.69, 9.17) is 0 Å². The molecule has 0 aromatic carbocycles. The maximum atomic E-state index is 12.4. The maximum absolute atomic E-state index is 12.4. The summed E-state index contributed by atoms with van der Waals surface area (Å²) in [4.78, 5) is 15.3. The molecule has 142 valence electrons. The number of nitrogens with zero attached hydrogens (tertiary/aromatic N) is 3. The molecular weight excluding hydrogens is 363 g/mol. The van der Waals surface area contributed by atoms with Gasteiger partial charge in [0.05, 0.1) is 5.75 Å². The number of nitrogens with one attached hydrogen (secondary N) is 2. The van der Waals surface area contributed by atoms with Crippen LogP contribution in [0.1, 0.15) is 38.4 Å². The summed E-state index contributed by atoms with van der Waals surface area (Å²) in [6, 6.07) is 0. The number of hydrogen-bond donors (Lipinski definition) is 2. The van der Waals surface area contributed by atoms with E-state index in [0.29, 0.717) is 19.3 Å². The first-order valence-corrected chi connectivity index (χ1v) is 9.52. The van der Waals surface area contributed by atoms with Crippen LogP contribution in [0.2, 0.25) is 0 Å². The fourth-order valence-corrected chi connectivity index (χ4v) is 4.19. The number of unbranched alkanes of at least 4 members (excludes halogenated alkanes) is 1. The molecular formula is C13H20F3N5O3S. The van der Waals surface area contributed by atoms with Gasteiger partial charge in [0.15, 0.2) is 0 Å². The topological polar surface area (TPSA) is 108 Å². The first kappa shape index (κ1) is 19.6. The van der Waals surface area contributed by atoms with Crippen LogP contribution < -0.4 is 5.32 Å². The lowest BCUT2D eigenvalue weighted by Gasteiger charge is -2.30. The van der Waals surface area contributed by atoms with Crippen LogP contribution in [-0.2, 0) is 21.0 Å². The zero-order valence-electron chi connectivity index (χ0n) is 13.6. The number of hydrogen-bond acceptors (Lipinski definition) is 5. The zero-order chi connectivity index (χ0) is 18.7. The van der Waals surface area contributed by atoms with Gasteiger partial charge in [0.2, 0.25) is 27.7 Å². The summed E-state index contributed by atoms with van der Waals surface area (Å²) in [6.07, 6.45) is -2.72. The summed E-state index contributed by atoms with van der Waals surface area (Å²) in [6.45, 7) is 2.33. The summed E-state index contributed by atoms with van der Waals surface area (Å²) >= 11 is 0. The molecule has 1 amide bonds. The van der Waals surface area contributed by atoms with E-state index >= 15 is 0 Å². The van der Waals surface area contributed by atoms with Gasteiger partial charge in [0.25, 0.3) is 0 Å². The summed E-state index contributed by atoms with van der Waals surface area (Å²) in [5, 5.41) is 7.25. The van der Waals surface area contributed by atoms with Gasteiger partial charge in [-0.2, -0.15) is 18.2 Å². The molecule has 25 heavy (non-hydrogen) atoms. The number of anilines is 1. The van der Waals surface area contributed by atoms with Gasteiger partial charge in [-0.3, -0.25) is 15.2 Å². The van der Waals surface area contributed by atoms with Crippen LogP contribution in [0.3, 0.4) is 0 Å². The fourth-order valence-electron chi connectivity index (χ4n) is 2.51. The normalized spacial score (nSPS) is 17.6. The van der Waals surface area contributed by atoms with Crippen LogP contribution in [0.25, 0.3) is 0 Å². The van der Waals surface area contributed by atoms with Crippen molar-refractivity contribution in [1.29, 1.82) is 0 Å². The van der Waals surface area contributed by atoms with Crippen molar-refractivity contribution in [3.05, 3.63) is 5.82 Å². The fraction of sp³-hybridized carbons (Fsp3) is 0.769. The average molecular weight is 383 g/mol. The minimum absolute atomic E-state index is 0.0811. The van der Waals surface area contributed by atoms with Crippen molar-refractivity contribution in [2.45, 2.75) is 38.8 Å². The molecule has 0 saturated carbocycles. The SMILES string of the molecule is CCCCS(=O)(=O)N1CCC(C(=O)Nc2n[nH]c(C(F)(F)F)n2)CC1. The van der Waals surface area contributed by atoms with Crippen molar-refractivity contribution in [2.75, 3.05) is 24.2 Å². The Balaban J connectivity index is 1.88. The molecule has 1 aliphatic heterocycles. The third-order valence-corrected chi connectivity index (χ3v) is 5.92. The quantitative estimate of drug-likeness (QED) is 0.776. The molecule has 2 N–H and O–H groups in total. The summed E-state index contributed by atoms with van der Waals surface area (Å²) in [5.74, 6) is -2.67. The number of H-pyrrole nitrogens is 1. The minimum atomic E-state index is -4.67. The van der Waals surface area contributed by atoms with Gasteiger partial charge in [-0.05, 0) is 19.3 Å². The zero-order valence-corrected chi connectivity index (χ0v) is 14.5. The third kappa shape index (κ3) is 5.14. The van der Waals surface area contributed by atoms with Crippen molar-refractivity contribution < 1.29 is 26.4 Å².